The first-order valence-corrected chi connectivity index (χ1v) is 7.43. The smallest absolute Gasteiger partial charge is 0.187 e. The summed E-state index contributed by atoms with van der Waals surface area (Å²) in [6, 6.07) is 1.24. The summed E-state index contributed by atoms with van der Waals surface area (Å²) in [4.78, 5) is 2.93. The number of halogens is 2. The quantitative estimate of drug-likeness (QED) is 0.920. The maximum atomic E-state index is 13.7. The van der Waals surface area contributed by atoms with Crippen molar-refractivity contribution >= 4 is 21.4 Å². The van der Waals surface area contributed by atoms with Crippen LogP contribution in [0.25, 0.3) is 0 Å². The van der Waals surface area contributed by atoms with Gasteiger partial charge in [-0.05, 0) is 23.7 Å². The van der Waals surface area contributed by atoms with Crippen molar-refractivity contribution in [3.8, 4) is 0 Å². The van der Waals surface area contributed by atoms with Crippen molar-refractivity contribution in [2.45, 2.75) is 17.3 Å². The van der Waals surface area contributed by atoms with Crippen LogP contribution < -0.4 is 0 Å². The lowest BCUT2D eigenvalue weighted by molar-refractivity contribution is 0.274. The number of rotatable bonds is 4. The van der Waals surface area contributed by atoms with E-state index in [9.17, 15) is 17.2 Å². The highest BCUT2D eigenvalue weighted by Crippen LogP contribution is 2.23. The molecular weight excluding hydrogens is 298 g/mol. The van der Waals surface area contributed by atoms with Crippen molar-refractivity contribution in [2.75, 3.05) is 0 Å². The minimum Gasteiger partial charge on any atom is -0.392 e. The predicted molar refractivity (Wildman–Crippen MR) is 63.1 cm³/mol. The molecule has 1 aromatic heterocycles. The first-order valence-electron chi connectivity index (χ1n) is 5.01. The van der Waals surface area contributed by atoms with E-state index in [2.05, 4.69) is 9.36 Å². The van der Waals surface area contributed by atoms with Crippen LogP contribution in [0.1, 0.15) is 10.6 Å². The van der Waals surface area contributed by atoms with Gasteiger partial charge in [0.05, 0.1) is 6.61 Å². The summed E-state index contributed by atoms with van der Waals surface area (Å²) in [7, 11) is -4.05. The molecule has 0 saturated carbocycles. The second-order valence-corrected chi connectivity index (χ2v) is 6.45. The summed E-state index contributed by atoms with van der Waals surface area (Å²) >= 11 is 0.866. The molecule has 0 bridgehead atoms. The molecule has 5 nitrogen and oxygen atoms in total. The van der Waals surface area contributed by atoms with E-state index < -0.39 is 38.7 Å². The molecule has 0 radical (unpaired) electrons. The lowest BCUT2D eigenvalue weighted by Gasteiger charge is -2.06. The molecule has 0 aliphatic carbocycles. The van der Waals surface area contributed by atoms with Crippen molar-refractivity contribution in [2.24, 2.45) is 0 Å². The van der Waals surface area contributed by atoms with Gasteiger partial charge in [0.1, 0.15) is 33.6 Å². The number of hydrogen-bond acceptors (Lipinski definition) is 6. The molecular formula is C10H8F2N2O3S2. The number of sulfone groups is 1. The van der Waals surface area contributed by atoms with Gasteiger partial charge in [0, 0.05) is 5.56 Å². The molecule has 0 aliphatic heterocycles. The lowest BCUT2D eigenvalue weighted by Crippen LogP contribution is -2.09. The van der Waals surface area contributed by atoms with Gasteiger partial charge in [0.25, 0.3) is 0 Å². The van der Waals surface area contributed by atoms with Crippen molar-refractivity contribution in [1.82, 2.24) is 9.36 Å². The van der Waals surface area contributed by atoms with Crippen LogP contribution in [0.2, 0.25) is 0 Å². The van der Waals surface area contributed by atoms with Crippen molar-refractivity contribution in [3.63, 3.8) is 0 Å². The van der Waals surface area contributed by atoms with E-state index in [0.717, 1.165) is 11.5 Å². The average Bonchev–Trinajstić information content (AvgIpc) is 2.83. The molecule has 2 rings (SSSR count). The Labute approximate surface area is 111 Å². The number of benzene rings is 1. The second kappa shape index (κ2) is 5.27. The minimum absolute atomic E-state index is 0.186. The van der Waals surface area contributed by atoms with Gasteiger partial charge in [-0.2, -0.15) is 4.37 Å². The van der Waals surface area contributed by atoms with E-state index in [-0.39, 0.29) is 10.6 Å². The zero-order valence-electron chi connectivity index (χ0n) is 9.38. The Hall–Kier alpha value is -1.45. The molecule has 0 atom stereocenters. The van der Waals surface area contributed by atoms with Crippen LogP contribution in [0.4, 0.5) is 8.78 Å². The van der Waals surface area contributed by atoms with Crippen LogP contribution in [-0.2, 0) is 22.2 Å². The van der Waals surface area contributed by atoms with Crippen molar-refractivity contribution < 1.29 is 22.3 Å². The van der Waals surface area contributed by atoms with E-state index in [1.807, 2.05) is 0 Å². The molecule has 0 aliphatic rings. The van der Waals surface area contributed by atoms with E-state index in [1.54, 1.807) is 0 Å². The Kier molecular flexibility index (Phi) is 3.88. The third-order valence-electron chi connectivity index (χ3n) is 2.33. The molecule has 19 heavy (non-hydrogen) atoms. The van der Waals surface area contributed by atoms with Crippen LogP contribution in [0.15, 0.2) is 23.4 Å². The van der Waals surface area contributed by atoms with Gasteiger partial charge in [-0.15, -0.1) is 0 Å². The molecule has 9 heteroatoms. The van der Waals surface area contributed by atoms with E-state index in [1.165, 1.54) is 6.33 Å². The summed E-state index contributed by atoms with van der Waals surface area (Å²) in [5.74, 6) is -2.62. The Bertz CT molecular complexity index is 687. The zero-order valence-corrected chi connectivity index (χ0v) is 11.0. The molecule has 1 heterocycles. The average molecular weight is 306 g/mol. The summed E-state index contributed by atoms with van der Waals surface area (Å²) in [6.45, 7) is -0.709. The normalized spacial score (nSPS) is 11.7. The van der Waals surface area contributed by atoms with Gasteiger partial charge < -0.3 is 5.11 Å². The molecule has 0 fully saturated rings. The molecule has 0 amide bonds. The summed E-state index contributed by atoms with van der Waals surface area (Å²) in [5, 5.41) is 8.96. The van der Waals surface area contributed by atoms with Crippen molar-refractivity contribution in [1.29, 1.82) is 0 Å². The van der Waals surface area contributed by atoms with Crippen LogP contribution >= 0.6 is 11.5 Å². The molecule has 0 saturated heterocycles. The molecule has 102 valence electrons. The summed E-state index contributed by atoms with van der Waals surface area (Å²) in [5.41, 5.74) is -0.299. The highest BCUT2D eigenvalue weighted by molar-refractivity contribution is 7.90. The first-order chi connectivity index (χ1) is 8.94. The molecule has 1 aromatic carbocycles. The largest absolute Gasteiger partial charge is 0.392 e. The Morgan fingerprint density at radius 1 is 1.26 bits per heavy atom. The Morgan fingerprint density at radius 3 is 2.58 bits per heavy atom. The fraction of sp³-hybridized carbons (Fsp3) is 0.200. The highest BCUT2D eigenvalue weighted by atomic mass is 32.2. The first kappa shape index (κ1) is 14.0. The van der Waals surface area contributed by atoms with Gasteiger partial charge in [-0.25, -0.2) is 22.2 Å². The summed E-state index contributed by atoms with van der Waals surface area (Å²) in [6.07, 6.45) is 1.18. The highest BCUT2D eigenvalue weighted by Gasteiger charge is 2.23. The van der Waals surface area contributed by atoms with Crippen LogP contribution in [0, 0.1) is 11.6 Å². The third-order valence-corrected chi connectivity index (χ3v) is 4.81. The monoisotopic (exact) mass is 306 g/mol. The fourth-order valence-electron chi connectivity index (χ4n) is 1.43. The fourth-order valence-corrected chi connectivity index (χ4v) is 3.61. The van der Waals surface area contributed by atoms with E-state index in [0.29, 0.717) is 12.1 Å². The Morgan fingerprint density at radius 2 is 2.00 bits per heavy atom. The van der Waals surface area contributed by atoms with Gasteiger partial charge in [-0.1, -0.05) is 0 Å². The lowest BCUT2D eigenvalue weighted by atomic mass is 10.2. The summed E-state index contributed by atoms with van der Waals surface area (Å²) < 4.78 is 54.6. The van der Waals surface area contributed by atoms with Gasteiger partial charge in [0.15, 0.2) is 9.84 Å². The number of aliphatic hydroxyl groups is 1. The number of nitrogens with zero attached hydrogens (tertiary/aromatic N) is 2. The van der Waals surface area contributed by atoms with Crippen LogP contribution in [0.3, 0.4) is 0 Å². The van der Waals surface area contributed by atoms with Crippen molar-refractivity contribution in [3.05, 3.63) is 40.7 Å². The van der Waals surface area contributed by atoms with E-state index >= 15 is 0 Å². The third kappa shape index (κ3) is 2.94. The molecule has 0 spiro atoms. The topological polar surface area (TPSA) is 80.2 Å². The second-order valence-electron chi connectivity index (χ2n) is 3.63. The minimum atomic E-state index is -4.05. The molecule has 2 aromatic rings. The SMILES string of the molecule is O=S(=O)(Cc1ncns1)c1cc(F)c(CO)cc1F. The maximum absolute atomic E-state index is 13.7. The molecule has 1 N–H and O–H groups in total. The van der Waals surface area contributed by atoms with Crippen LogP contribution in [0.5, 0.6) is 0 Å². The number of aromatic nitrogens is 2. The number of aliphatic hydroxyl groups excluding tert-OH is 1. The maximum Gasteiger partial charge on any atom is 0.187 e. The van der Waals surface area contributed by atoms with Gasteiger partial charge in [-0.3, -0.25) is 0 Å². The zero-order chi connectivity index (χ0) is 14.0. The Balaban J connectivity index is 2.43. The standard InChI is InChI=1S/C10H8F2N2O3S2/c11-7-2-9(8(12)1-6(7)3-15)19(16,17)4-10-13-5-14-18-10/h1-2,5,15H,3-4H2. The predicted octanol–water partition coefficient (Wildman–Crippen LogP) is 1.28. The van der Waals surface area contributed by atoms with Crippen LogP contribution in [-0.4, -0.2) is 22.9 Å². The molecule has 0 unspecified atom stereocenters. The van der Waals surface area contributed by atoms with E-state index in [4.69, 9.17) is 5.11 Å². The van der Waals surface area contributed by atoms with Gasteiger partial charge >= 0.3 is 0 Å². The van der Waals surface area contributed by atoms with Gasteiger partial charge in [0.2, 0.25) is 0 Å². The number of hydrogen-bond donors (Lipinski definition) is 1.